The second-order valence-corrected chi connectivity index (χ2v) is 6.93. The highest BCUT2D eigenvalue weighted by Gasteiger charge is 2.26. The summed E-state index contributed by atoms with van der Waals surface area (Å²) in [6.45, 7) is 6.50. The van der Waals surface area contributed by atoms with Gasteiger partial charge in [0.15, 0.2) is 11.9 Å². The Morgan fingerprint density at radius 1 is 1.12 bits per heavy atom. The van der Waals surface area contributed by atoms with E-state index in [1.165, 1.54) is 18.1 Å². The number of esters is 1. The van der Waals surface area contributed by atoms with Crippen molar-refractivity contribution in [3.05, 3.63) is 57.4 Å². The SMILES string of the molecule is CC(=O)c1c(C)[nH]c(C(=O)[C@@H](C)OC(=O)c2ccc3c(c2)CCC3)c1C. The van der Waals surface area contributed by atoms with E-state index < -0.39 is 12.1 Å². The molecule has 1 heterocycles. The topological polar surface area (TPSA) is 76.2 Å². The Balaban J connectivity index is 1.76. The highest BCUT2D eigenvalue weighted by atomic mass is 16.5. The number of aromatic nitrogens is 1. The van der Waals surface area contributed by atoms with Gasteiger partial charge >= 0.3 is 5.97 Å². The van der Waals surface area contributed by atoms with Crippen LogP contribution in [0.15, 0.2) is 18.2 Å². The van der Waals surface area contributed by atoms with Crippen LogP contribution in [0.5, 0.6) is 0 Å². The van der Waals surface area contributed by atoms with Gasteiger partial charge in [-0.15, -0.1) is 0 Å². The van der Waals surface area contributed by atoms with Gasteiger partial charge in [0.25, 0.3) is 0 Å². The minimum absolute atomic E-state index is 0.0990. The summed E-state index contributed by atoms with van der Waals surface area (Å²) in [5.41, 5.74) is 5.01. The van der Waals surface area contributed by atoms with E-state index in [-0.39, 0.29) is 11.6 Å². The third-order valence-corrected chi connectivity index (χ3v) is 5.02. The van der Waals surface area contributed by atoms with Gasteiger partial charge in [-0.25, -0.2) is 4.79 Å². The molecule has 1 aromatic heterocycles. The molecule has 0 bridgehead atoms. The Morgan fingerprint density at radius 2 is 1.81 bits per heavy atom. The van der Waals surface area contributed by atoms with E-state index in [0.29, 0.717) is 28.1 Å². The fourth-order valence-corrected chi connectivity index (χ4v) is 3.71. The van der Waals surface area contributed by atoms with Crippen LogP contribution in [0.25, 0.3) is 0 Å². The van der Waals surface area contributed by atoms with E-state index >= 15 is 0 Å². The van der Waals surface area contributed by atoms with Crippen LogP contribution in [0, 0.1) is 13.8 Å². The lowest BCUT2D eigenvalue weighted by Crippen LogP contribution is -2.25. The molecule has 0 saturated carbocycles. The number of benzene rings is 1. The summed E-state index contributed by atoms with van der Waals surface area (Å²) in [6.07, 6.45) is 2.18. The van der Waals surface area contributed by atoms with E-state index in [2.05, 4.69) is 4.98 Å². The first-order valence-electron chi connectivity index (χ1n) is 8.86. The maximum atomic E-state index is 12.7. The first-order chi connectivity index (χ1) is 12.3. The number of nitrogens with one attached hydrogen (secondary N) is 1. The number of ether oxygens (including phenoxy) is 1. The molecule has 1 aliphatic rings. The predicted molar refractivity (Wildman–Crippen MR) is 97.9 cm³/mol. The zero-order chi connectivity index (χ0) is 19.0. The third kappa shape index (κ3) is 3.21. The van der Waals surface area contributed by atoms with Crippen molar-refractivity contribution in [1.82, 2.24) is 4.98 Å². The molecule has 136 valence electrons. The number of aromatic amines is 1. The first-order valence-corrected chi connectivity index (χ1v) is 8.86. The van der Waals surface area contributed by atoms with Crippen LogP contribution >= 0.6 is 0 Å². The molecule has 0 saturated heterocycles. The number of ketones is 2. The van der Waals surface area contributed by atoms with Crippen LogP contribution in [-0.4, -0.2) is 28.6 Å². The summed E-state index contributed by atoms with van der Waals surface area (Å²) in [5, 5.41) is 0. The minimum Gasteiger partial charge on any atom is -0.451 e. The van der Waals surface area contributed by atoms with Crippen molar-refractivity contribution in [2.45, 2.75) is 53.1 Å². The first kappa shape index (κ1) is 18.1. The van der Waals surface area contributed by atoms with Crippen molar-refractivity contribution in [2.75, 3.05) is 0 Å². The third-order valence-electron chi connectivity index (χ3n) is 5.02. The molecule has 0 radical (unpaired) electrons. The molecule has 0 spiro atoms. The molecule has 5 nitrogen and oxygen atoms in total. The summed E-state index contributed by atoms with van der Waals surface area (Å²) in [5.74, 6) is -0.945. The van der Waals surface area contributed by atoms with Gasteiger partial charge < -0.3 is 9.72 Å². The normalized spacial score (nSPS) is 14.0. The Labute approximate surface area is 152 Å². The van der Waals surface area contributed by atoms with Gasteiger partial charge in [0, 0.05) is 11.3 Å². The number of Topliss-reactive ketones (excluding diaryl/α,β-unsaturated/α-hetero) is 2. The maximum absolute atomic E-state index is 12.7. The van der Waals surface area contributed by atoms with E-state index in [0.717, 1.165) is 19.3 Å². The van der Waals surface area contributed by atoms with Crippen molar-refractivity contribution in [1.29, 1.82) is 0 Å². The predicted octanol–water partition coefficient (Wildman–Crippen LogP) is 3.75. The summed E-state index contributed by atoms with van der Waals surface area (Å²) >= 11 is 0. The molecule has 0 aliphatic heterocycles. The van der Waals surface area contributed by atoms with Gasteiger partial charge in [0.2, 0.25) is 5.78 Å². The van der Waals surface area contributed by atoms with Gasteiger partial charge in [-0.05, 0) is 75.8 Å². The molecule has 0 fully saturated rings. The van der Waals surface area contributed by atoms with Gasteiger partial charge in [-0.1, -0.05) is 6.07 Å². The van der Waals surface area contributed by atoms with Crippen molar-refractivity contribution in [3.63, 3.8) is 0 Å². The fraction of sp³-hybridized carbons (Fsp3) is 0.381. The van der Waals surface area contributed by atoms with Crippen LogP contribution in [0.2, 0.25) is 0 Å². The Bertz CT molecular complexity index is 907. The number of carbonyl (C=O) groups excluding carboxylic acids is 3. The minimum atomic E-state index is -0.938. The molecule has 5 heteroatoms. The quantitative estimate of drug-likeness (QED) is 0.656. The van der Waals surface area contributed by atoms with Crippen LogP contribution in [-0.2, 0) is 17.6 Å². The molecule has 0 amide bonds. The lowest BCUT2D eigenvalue weighted by Gasteiger charge is -2.13. The number of H-pyrrole nitrogens is 1. The lowest BCUT2D eigenvalue weighted by atomic mass is 10.0. The molecule has 1 atom stereocenters. The van der Waals surface area contributed by atoms with E-state index in [1.54, 1.807) is 26.8 Å². The van der Waals surface area contributed by atoms with Crippen LogP contribution < -0.4 is 0 Å². The summed E-state index contributed by atoms with van der Waals surface area (Å²) < 4.78 is 5.38. The number of hydrogen-bond acceptors (Lipinski definition) is 4. The summed E-state index contributed by atoms with van der Waals surface area (Å²) in [7, 11) is 0. The van der Waals surface area contributed by atoms with Crippen LogP contribution in [0.1, 0.15) is 73.9 Å². The Morgan fingerprint density at radius 3 is 2.46 bits per heavy atom. The summed E-state index contributed by atoms with van der Waals surface area (Å²) in [6, 6.07) is 5.57. The monoisotopic (exact) mass is 353 g/mol. The van der Waals surface area contributed by atoms with Crippen molar-refractivity contribution in [2.24, 2.45) is 0 Å². The molecule has 1 aromatic carbocycles. The molecule has 1 N–H and O–H groups in total. The van der Waals surface area contributed by atoms with Crippen molar-refractivity contribution < 1.29 is 19.1 Å². The molecular weight excluding hydrogens is 330 g/mol. The van der Waals surface area contributed by atoms with E-state index in [9.17, 15) is 14.4 Å². The number of rotatable bonds is 5. The number of aryl methyl sites for hydroxylation is 3. The lowest BCUT2D eigenvalue weighted by molar-refractivity contribution is 0.0317. The van der Waals surface area contributed by atoms with Crippen LogP contribution in [0.4, 0.5) is 0 Å². The standard InChI is InChI=1S/C21H23NO4/c1-11-18(13(3)23)12(2)22-19(11)20(24)14(4)26-21(25)17-9-8-15-6-5-7-16(15)10-17/h8-10,14,22H,5-7H2,1-4H3/t14-/m1/s1. The van der Waals surface area contributed by atoms with Crippen molar-refractivity contribution >= 4 is 17.5 Å². The number of hydrogen-bond donors (Lipinski definition) is 1. The largest absolute Gasteiger partial charge is 0.451 e. The van der Waals surface area contributed by atoms with Crippen molar-refractivity contribution in [3.8, 4) is 0 Å². The number of fused-ring (bicyclic) bond motifs is 1. The zero-order valence-corrected chi connectivity index (χ0v) is 15.6. The van der Waals surface area contributed by atoms with E-state index in [1.807, 2.05) is 12.1 Å². The number of carbonyl (C=O) groups is 3. The zero-order valence-electron chi connectivity index (χ0n) is 15.6. The average molecular weight is 353 g/mol. The Hall–Kier alpha value is -2.69. The van der Waals surface area contributed by atoms with Gasteiger partial charge in [0.1, 0.15) is 0 Å². The molecule has 2 aromatic rings. The van der Waals surface area contributed by atoms with Gasteiger partial charge in [-0.2, -0.15) is 0 Å². The molecule has 26 heavy (non-hydrogen) atoms. The molecular formula is C21H23NO4. The second kappa shape index (κ2) is 6.90. The fourth-order valence-electron chi connectivity index (χ4n) is 3.71. The molecule has 0 unspecified atom stereocenters. The van der Waals surface area contributed by atoms with Gasteiger partial charge in [0.05, 0.1) is 11.3 Å². The van der Waals surface area contributed by atoms with Crippen LogP contribution in [0.3, 0.4) is 0 Å². The highest BCUT2D eigenvalue weighted by Crippen LogP contribution is 2.24. The molecule has 3 rings (SSSR count). The van der Waals surface area contributed by atoms with E-state index in [4.69, 9.17) is 4.74 Å². The molecule has 1 aliphatic carbocycles. The highest BCUT2D eigenvalue weighted by molar-refractivity contribution is 6.05. The van der Waals surface area contributed by atoms with Gasteiger partial charge in [-0.3, -0.25) is 9.59 Å². The smallest absolute Gasteiger partial charge is 0.338 e. The average Bonchev–Trinajstić information content (AvgIpc) is 3.17. The second-order valence-electron chi connectivity index (χ2n) is 6.93. The maximum Gasteiger partial charge on any atom is 0.338 e. The summed E-state index contributed by atoms with van der Waals surface area (Å²) in [4.78, 5) is 39.8. The Kier molecular flexibility index (Phi) is 4.81.